The van der Waals surface area contributed by atoms with Gasteiger partial charge in [-0.1, -0.05) is 18.2 Å². The lowest BCUT2D eigenvalue weighted by Gasteiger charge is -2.40. The van der Waals surface area contributed by atoms with Crippen LogP contribution in [0, 0.1) is 0 Å². The molecule has 2 aliphatic rings. The number of hydrogen-bond donors (Lipinski definition) is 1. The van der Waals surface area contributed by atoms with Crippen molar-refractivity contribution in [1.29, 1.82) is 0 Å². The molecule has 2 heterocycles. The minimum Gasteiger partial charge on any atom is -0.480 e. The van der Waals surface area contributed by atoms with E-state index in [1.165, 1.54) is 18.2 Å². The van der Waals surface area contributed by atoms with E-state index >= 15 is 0 Å². The lowest BCUT2D eigenvalue weighted by atomic mass is 10.0. The van der Waals surface area contributed by atoms with Gasteiger partial charge < -0.3 is 9.84 Å². The highest BCUT2D eigenvalue weighted by molar-refractivity contribution is 5.85. The van der Waals surface area contributed by atoms with Crippen molar-refractivity contribution in [1.82, 2.24) is 9.80 Å². The lowest BCUT2D eigenvalue weighted by molar-refractivity contribution is -0.275. The van der Waals surface area contributed by atoms with Crippen LogP contribution in [0.5, 0.6) is 5.75 Å². The molecule has 0 saturated carbocycles. The van der Waals surface area contributed by atoms with Crippen LogP contribution in [-0.4, -0.2) is 59.5 Å². The second kappa shape index (κ2) is 9.12. The number of aliphatic carboxylic acids is 1. The summed E-state index contributed by atoms with van der Waals surface area (Å²) in [5.41, 5.74) is 0.0359. The molecule has 0 aliphatic carbocycles. The van der Waals surface area contributed by atoms with Crippen molar-refractivity contribution in [2.45, 2.75) is 31.3 Å². The number of para-hydroxylation sites is 1. The summed E-state index contributed by atoms with van der Waals surface area (Å²) in [6.45, 7) is 2.78. The number of carboxylic acid groups (broad SMARTS) is 1. The van der Waals surface area contributed by atoms with Crippen LogP contribution in [-0.2, 0) is 4.79 Å². The van der Waals surface area contributed by atoms with Gasteiger partial charge in [0.2, 0.25) is 0 Å². The van der Waals surface area contributed by atoms with Gasteiger partial charge in [0.25, 0.3) is 0 Å². The quantitative estimate of drug-likeness (QED) is 0.815. The summed E-state index contributed by atoms with van der Waals surface area (Å²) in [5, 5.41) is 9.65. The van der Waals surface area contributed by atoms with E-state index in [0.717, 1.165) is 32.0 Å². The number of carboxylic acids is 1. The van der Waals surface area contributed by atoms with E-state index in [9.17, 15) is 23.1 Å². The van der Waals surface area contributed by atoms with Crippen molar-refractivity contribution >= 4 is 30.8 Å². The second-order valence-corrected chi connectivity index (χ2v) is 6.15. The van der Waals surface area contributed by atoms with Gasteiger partial charge >= 0.3 is 12.3 Å². The van der Waals surface area contributed by atoms with Crippen molar-refractivity contribution < 1.29 is 27.8 Å². The lowest BCUT2D eigenvalue weighted by Crippen LogP contribution is -2.52. The Morgan fingerprint density at radius 3 is 2.54 bits per heavy atom. The molecular formula is C16H21Cl2F3N2O3. The second-order valence-electron chi connectivity index (χ2n) is 6.15. The van der Waals surface area contributed by atoms with Gasteiger partial charge in [-0.05, 0) is 25.5 Å². The fraction of sp³-hybridized carbons (Fsp3) is 0.562. The normalized spacial score (nSPS) is 21.9. The zero-order valence-electron chi connectivity index (χ0n) is 13.8. The van der Waals surface area contributed by atoms with Crippen molar-refractivity contribution in [3.63, 3.8) is 0 Å². The average molecular weight is 417 g/mol. The third-order valence-corrected chi connectivity index (χ3v) is 4.66. The summed E-state index contributed by atoms with van der Waals surface area (Å²) in [6.07, 6.45) is -2.79. The monoisotopic (exact) mass is 416 g/mol. The first-order chi connectivity index (χ1) is 11.3. The third kappa shape index (κ3) is 5.16. The molecule has 0 aromatic heterocycles. The molecule has 148 valence electrons. The molecule has 0 amide bonds. The molecule has 2 aliphatic heterocycles. The maximum absolute atomic E-state index is 12.6. The van der Waals surface area contributed by atoms with Crippen LogP contribution in [0.3, 0.4) is 0 Å². The number of alkyl halides is 3. The third-order valence-electron chi connectivity index (χ3n) is 4.66. The summed E-state index contributed by atoms with van der Waals surface area (Å²) < 4.78 is 41.9. The Morgan fingerprint density at radius 2 is 1.88 bits per heavy atom. The molecule has 3 rings (SSSR count). The summed E-state index contributed by atoms with van der Waals surface area (Å²) in [4.78, 5) is 15.9. The Kier molecular flexibility index (Phi) is 8.01. The van der Waals surface area contributed by atoms with E-state index in [2.05, 4.69) is 9.64 Å². The summed E-state index contributed by atoms with van der Waals surface area (Å²) in [7, 11) is 0. The summed E-state index contributed by atoms with van der Waals surface area (Å²) >= 11 is 0. The van der Waals surface area contributed by atoms with Crippen LogP contribution in [0.2, 0.25) is 0 Å². The zero-order chi connectivity index (χ0) is 17.3. The molecule has 2 fully saturated rings. The predicted octanol–water partition coefficient (Wildman–Crippen LogP) is 3.33. The van der Waals surface area contributed by atoms with Crippen molar-refractivity contribution in [3.05, 3.63) is 29.8 Å². The molecular weight excluding hydrogens is 396 g/mol. The van der Waals surface area contributed by atoms with Crippen molar-refractivity contribution in [2.75, 3.05) is 26.2 Å². The topological polar surface area (TPSA) is 53.0 Å². The number of carbonyl (C=O) groups is 1. The molecule has 10 heteroatoms. The maximum atomic E-state index is 12.6. The number of nitrogens with zero attached hydrogens (tertiary/aromatic N) is 2. The van der Waals surface area contributed by atoms with E-state index in [4.69, 9.17) is 0 Å². The van der Waals surface area contributed by atoms with Gasteiger partial charge in [0.15, 0.2) is 0 Å². The average Bonchev–Trinajstić information content (AvgIpc) is 2.95. The molecule has 0 bridgehead atoms. The van der Waals surface area contributed by atoms with Crippen LogP contribution in [0.25, 0.3) is 0 Å². The largest absolute Gasteiger partial charge is 0.573 e. The highest BCUT2D eigenvalue weighted by Crippen LogP contribution is 2.35. The van der Waals surface area contributed by atoms with Gasteiger partial charge in [0.1, 0.15) is 11.8 Å². The van der Waals surface area contributed by atoms with Crippen LogP contribution in [0.15, 0.2) is 24.3 Å². The molecule has 1 N–H and O–H groups in total. The molecule has 0 spiro atoms. The van der Waals surface area contributed by atoms with Gasteiger partial charge in [-0.2, -0.15) is 0 Å². The number of fused-ring (bicyclic) bond motifs is 1. The molecule has 0 radical (unpaired) electrons. The molecule has 2 saturated heterocycles. The highest BCUT2D eigenvalue weighted by Gasteiger charge is 2.39. The molecule has 2 atom stereocenters. The fourth-order valence-corrected chi connectivity index (χ4v) is 3.66. The van der Waals surface area contributed by atoms with E-state index < -0.39 is 24.1 Å². The van der Waals surface area contributed by atoms with E-state index in [-0.39, 0.29) is 36.4 Å². The number of benzene rings is 1. The minimum atomic E-state index is -4.86. The number of ether oxygens (including phenoxy) is 1. The van der Waals surface area contributed by atoms with E-state index in [0.29, 0.717) is 13.1 Å². The molecule has 1 aromatic rings. The Morgan fingerprint density at radius 1 is 1.19 bits per heavy atom. The Hall–Kier alpha value is -1.22. The van der Waals surface area contributed by atoms with Crippen LogP contribution in [0.1, 0.15) is 24.4 Å². The Bertz CT molecular complexity index is 619. The molecule has 5 nitrogen and oxygen atoms in total. The van der Waals surface area contributed by atoms with E-state index in [1.807, 2.05) is 0 Å². The van der Waals surface area contributed by atoms with Gasteiger partial charge in [-0.15, -0.1) is 38.0 Å². The van der Waals surface area contributed by atoms with E-state index in [1.54, 1.807) is 4.90 Å². The minimum absolute atomic E-state index is 0. The zero-order valence-corrected chi connectivity index (χ0v) is 15.4. The molecule has 1 aromatic carbocycles. The highest BCUT2D eigenvalue weighted by atomic mass is 35.5. The fourth-order valence-electron chi connectivity index (χ4n) is 3.66. The predicted molar refractivity (Wildman–Crippen MR) is 94.2 cm³/mol. The number of rotatable bonds is 4. The summed E-state index contributed by atoms with van der Waals surface area (Å²) in [5.74, 6) is -1.62. The Labute approximate surface area is 161 Å². The number of hydrogen-bond acceptors (Lipinski definition) is 4. The SMILES string of the molecule is Cl.Cl.O=C(O)C(c1ccccc1OC(F)(F)F)N1CCN2CCC[C@@H]2C1. The first-order valence-corrected chi connectivity index (χ1v) is 7.91. The summed E-state index contributed by atoms with van der Waals surface area (Å²) in [6, 6.07) is 4.60. The first kappa shape index (κ1) is 22.8. The van der Waals surface area contributed by atoms with Crippen molar-refractivity contribution in [3.8, 4) is 5.75 Å². The standard InChI is InChI=1S/C16H19F3N2O3.2ClH/c17-16(18,19)24-13-6-2-1-5-12(13)14(15(22)23)21-9-8-20-7-3-4-11(20)10-21;;/h1-2,5-6,11,14H,3-4,7-10H2,(H,22,23);2*1H/t11-,14?;;/m1../s1. The molecule has 26 heavy (non-hydrogen) atoms. The molecule has 1 unspecified atom stereocenters. The van der Waals surface area contributed by atoms with Gasteiger partial charge in [-0.3, -0.25) is 14.6 Å². The van der Waals surface area contributed by atoms with Crippen LogP contribution in [0.4, 0.5) is 13.2 Å². The van der Waals surface area contributed by atoms with Gasteiger partial charge in [-0.25, -0.2) is 0 Å². The van der Waals surface area contributed by atoms with Crippen LogP contribution >= 0.6 is 24.8 Å². The first-order valence-electron chi connectivity index (χ1n) is 7.91. The number of piperazine rings is 1. The maximum Gasteiger partial charge on any atom is 0.573 e. The van der Waals surface area contributed by atoms with Crippen LogP contribution < -0.4 is 4.74 Å². The Balaban J connectivity index is 0.00000169. The van der Waals surface area contributed by atoms with Gasteiger partial charge in [0.05, 0.1) is 0 Å². The van der Waals surface area contributed by atoms with Gasteiger partial charge in [0, 0.05) is 31.2 Å². The smallest absolute Gasteiger partial charge is 0.480 e. The number of halogens is 5. The van der Waals surface area contributed by atoms with Crippen molar-refractivity contribution in [2.24, 2.45) is 0 Å².